The van der Waals surface area contributed by atoms with Crippen LogP contribution in [-0.4, -0.2) is 16.8 Å². The van der Waals surface area contributed by atoms with E-state index in [-0.39, 0.29) is 0 Å². The van der Waals surface area contributed by atoms with Crippen molar-refractivity contribution >= 4 is 17.7 Å². The molecule has 1 heterocycles. The van der Waals surface area contributed by atoms with Crippen LogP contribution in [0.1, 0.15) is 44.6 Å². The molecule has 1 N–H and O–H groups in total. The second-order valence-corrected chi connectivity index (χ2v) is 6.10. The maximum atomic E-state index is 11.6. The Labute approximate surface area is 113 Å². The largest absolute Gasteiger partial charge is 0.481 e. The van der Waals surface area contributed by atoms with Gasteiger partial charge < -0.3 is 5.11 Å². The minimum absolute atomic E-state index is 0.391. The summed E-state index contributed by atoms with van der Waals surface area (Å²) >= 11 is 1.86. The van der Waals surface area contributed by atoms with Gasteiger partial charge in [0.05, 0.1) is 5.41 Å². The van der Waals surface area contributed by atoms with Gasteiger partial charge in [0.15, 0.2) is 0 Å². The van der Waals surface area contributed by atoms with Crippen molar-refractivity contribution < 1.29 is 9.90 Å². The van der Waals surface area contributed by atoms with Crippen LogP contribution in [0.4, 0.5) is 0 Å². The smallest absolute Gasteiger partial charge is 0.309 e. The second-order valence-electron chi connectivity index (χ2n) is 5.04. The molecule has 0 amide bonds. The first-order valence-corrected chi connectivity index (χ1v) is 7.56. The quantitative estimate of drug-likeness (QED) is 0.867. The molecule has 0 bridgehead atoms. The van der Waals surface area contributed by atoms with Gasteiger partial charge in [0.2, 0.25) is 0 Å². The number of aliphatic carboxylic acids is 1. The highest BCUT2D eigenvalue weighted by molar-refractivity contribution is 7.99. The van der Waals surface area contributed by atoms with Crippen molar-refractivity contribution in [3.8, 4) is 0 Å². The first-order valence-electron chi connectivity index (χ1n) is 6.58. The lowest BCUT2D eigenvalue weighted by Crippen LogP contribution is -2.31. The lowest BCUT2D eigenvalue weighted by molar-refractivity contribution is -0.150. The van der Waals surface area contributed by atoms with E-state index in [0.717, 1.165) is 12.2 Å². The van der Waals surface area contributed by atoms with Gasteiger partial charge in [0.1, 0.15) is 0 Å². The normalized spacial score (nSPS) is 18.7. The lowest BCUT2D eigenvalue weighted by Gasteiger charge is -2.29. The van der Waals surface area contributed by atoms with Crippen molar-refractivity contribution in [1.29, 1.82) is 0 Å². The van der Waals surface area contributed by atoms with Crippen molar-refractivity contribution in [3.63, 3.8) is 0 Å². The monoisotopic (exact) mass is 264 g/mol. The van der Waals surface area contributed by atoms with Crippen LogP contribution in [0.15, 0.2) is 29.2 Å². The zero-order valence-electron chi connectivity index (χ0n) is 11.0. The van der Waals surface area contributed by atoms with Crippen molar-refractivity contribution in [2.24, 2.45) is 5.41 Å². The van der Waals surface area contributed by atoms with Gasteiger partial charge in [-0.1, -0.05) is 32.0 Å². The summed E-state index contributed by atoms with van der Waals surface area (Å²) in [5.74, 6) is 0.776. The molecule has 1 aliphatic rings. The minimum atomic E-state index is -0.637. The molecule has 0 saturated heterocycles. The van der Waals surface area contributed by atoms with Gasteiger partial charge in [-0.15, -0.1) is 11.8 Å². The standard InChI is InChI=1S/C15H20O2S/c1-3-15(4-2,14(16)17)9-11-10-18-13-8-6-5-7-12(11)13/h5-8,11H,3-4,9-10H2,1-2H3,(H,16,17). The average Bonchev–Trinajstić information content (AvgIpc) is 2.79. The molecular formula is C15H20O2S. The van der Waals surface area contributed by atoms with Crippen LogP contribution in [0.25, 0.3) is 0 Å². The van der Waals surface area contributed by atoms with Crippen molar-refractivity contribution in [2.45, 2.75) is 43.9 Å². The predicted molar refractivity (Wildman–Crippen MR) is 75.2 cm³/mol. The summed E-state index contributed by atoms with van der Waals surface area (Å²) in [4.78, 5) is 12.9. The molecule has 0 spiro atoms. The number of hydrogen-bond acceptors (Lipinski definition) is 2. The predicted octanol–water partition coefficient (Wildman–Crippen LogP) is 4.16. The van der Waals surface area contributed by atoms with Gasteiger partial charge in [-0.25, -0.2) is 0 Å². The molecule has 98 valence electrons. The molecule has 1 unspecified atom stereocenters. The Balaban J connectivity index is 2.22. The fraction of sp³-hybridized carbons (Fsp3) is 0.533. The SMILES string of the molecule is CCC(CC)(CC1CSc2ccccc21)C(=O)O. The maximum Gasteiger partial charge on any atom is 0.309 e. The first kappa shape index (κ1) is 13.5. The van der Waals surface area contributed by atoms with E-state index in [2.05, 4.69) is 24.3 Å². The van der Waals surface area contributed by atoms with Crippen molar-refractivity contribution in [3.05, 3.63) is 29.8 Å². The molecule has 0 saturated carbocycles. The fourth-order valence-electron chi connectivity index (χ4n) is 2.80. The molecule has 1 aromatic rings. The van der Waals surface area contributed by atoms with Gasteiger partial charge in [-0.3, -0.25) is 4.79 Å². The molecule has 2 rings (SSSR count). The number of thioether (sulfide) groups is 1. The molecule has 18 heavy (non-hydrogen) atoms. The summed E-state index contributed by atoms with van der Waals surface area (Å²) in [6, 6.07) is 8.40. The highest BCUT2D eigenvalue weighted by Crippen LogP contribution is 2.46. The zero-order chi connectivity index (χ0) is 13.2. The summed E-state index contributed by atoms with van der Waals surface area (Å²) in [6.07, 6.45) is 2.18. The van der Waals surface area contributed by atoms with Crippen molar-refractivity contribution in [1.82, 2.24) is 0 Å². The second kappa shape index (κ2) is 5.35. The number of carbonyl (C=O) groups is 1. The van der Waals surface area contributed by atoms with Crippen LogP contribution in [0.5, 0.6) is 0 Å². The average molecular weight is 264 g/mol. The Bertz CT molecular complexity index is 438. The third-order valence-corrected chi connectivity index (χ3v) is 5.50. The van der Waals surface area contributed by atoms with E-state index >= 15 is 0 Å². The first-order chi connectivity index (χ1) is 8.63. The van der Waals surface area contributed by atoms with Gasteiger partial charge >= 0.3 is 5.97 Å². The molecule has 0 fully saturated rings. The number of fused-ring (bicyclic) bond motifs is 1. The molecular weight excluding hydrogens is 244 g/mol. The number of carboxylic acid groups (broad SMARTS) is 1. The Kier molecular flexibility index (Phi) is 4.00. The van der Waals surface area contributed by atoms with E-state index in [4.69, 9.17) is 0 Å². The molecule has 0 aliphatic carbocycles. The summed E-state index contributed by atoms with van der Waals surface area (Å²) in [5, 5.41) is 9.53. The number of hydrogen-bond donors (Lipinski definition) is 1. The highest BCUT2D eigenvalue weighted by atomic mass is 32.2. The highest BCUT2D eigenvalue weighted by Gasteiger charge is 2.39. The lowest BCUT2D eigenvalue weighted by atomic mass is 9.74. The fourth-order valence-corrected chi connectivity index (χ4v) is 4.05. The molecule has 0 aromatic heterocycles. The Morgan fingerprint density at radius 2 is 2.06 bits per heavy atom. The Hall–Kier alpha value is -0.960. The minimum Gasteiger partial charge on any atom is -0.481 e. The van der Waals surface area contributed by atoms with E-state index < -0.39 is 11.4 Å². The van der Waals surface area contributed by atoms with Gasteiger partial charge in [-0.05, 0) is 36.8 Å². The number of benzene rings is 1. The third-order valence-electron chi connectivity index (χ3n) is 4.24. The summed E-state index contributed by atoms with van der Waals surface area (Å²) in [7, 11) is 0. The van der Waals surface area contributed by atoms with Crippen molar-refractivity contribution in [2.75, 3.05) is 5.75 Å². The van der Waals surface area contributed by atoms with E-state index in [1.165, 1.54) is 10.5 Å². The van der Waals surface area contributed by atoms with E-state index in [0.29, 0.717) is 18.8 Å². The van der Waals surface area contributed by atoms with Crippen LogP contribution < -0.4 is 0 Å². The Morgan fingerprint density at radius 3 is 2.67 bits per heavy atom. The third kappa shape index (κ3) is 2.28. The van der Waals surface area contributed by atoms with E-state index in [1.54, 1.807) is 0 Å². The van der Waals surface area contributed by atoms with Gasteiger partial charge in [0.25, 0.3) is 0 Å². The van der Waals surface area contributed by atoms with E-state index in [1.807, 2.05) is 25.6 Å². The molecule has 1 aromatic carbocycles. The van der Waals surface area contributed by atoms with Crippen LogP contribution in [0, 0.1) is 5.41 Å². The van der Waals surface area contributed by atoms with Crippen LogP contribution in [-0.2, 0) is 4.79 Å². The molecule has 1 atom stereocenters. The number of carboxylic acids is 1. The molecule has 2 nitrogen and oxygen atoms in total. The van der Waals surface area contributed by atoms with Crippen LogP contribution >= 0.6 is 11.8 Å². The molecule has 0 radical (unpaired) electrons. The molecule has 3 heteroatoms. The van der Waals surface area contributed by atoms with Crippen LogP contribution in [0.3, 0.4) is 0 Å². The van der Waals surface area contributed by atoms with E-state index in [9.17, 15) is 9.90 Å². The Morgan fingerprint density at radius 1 is 1.39 bits per heavy atom. The summed E-state index contributed by atoms with van der Waals surface area (Å²) in [6.45, 7) is 3.98. The summed E-state index contributed by atoms with van der Waals surface area (Å²) < 4.78 is 0. The van der Waals surface area contributed by atoms with Crippen LogP contribution in [0.2, 0.25) is 0 Å². The maximum absolute atomic E-state index is 11.6. The van der Waals surface area contributed by atoms with Gasteiger partial charge in [0, 0.05) is 10.6 Å². The molecule has 1 aliphatic heterocycles. The zero-order valence-corrected chi connectivity index (χ0v) is 11.8. The number of rotatable bonds is 5. The van der Waals surface area contributed by atoms with Gasteiger partial charge in [-0.2, -0.15) is 0 Å². The topological polar surface area (TPSA) is 37.3 Å². The summed E-state index contributed by atoms with van der Waals surface area (Å²) in [5.41, 5.74) is 0.790.